The number of nitrogens with one attached hydrogen (secondary N) is 1. The first kappa shape index (κ1) is 19.8. The number of hydrogen-bond donors (Lipinski definition) is 1. The van der Waals surface area contributed by atoms with Crippen molar-refractivity contribution in [3.63, 3.8) is 0 Å². The Labute approximate surface area is 142 Å². The zero-order valence-electron chi connectivity index (χ0n) is 14.1. The largest absolute Gasteiger partial charge is 0.495 e. The van der Waals surface area contributed by atoms with E-state index >= 15 is 0 Å². The fraction of sp³-hybridized carbons (Fsp3) is 0.438. The topological polar surface area (TPSA) is 90.9 Å². The molecular weight excluding hydrogens is 334 g/mol. The number of ether oxygens (including phenoxy) is 2. The number of rotatable bonds is 8. The Kier molecular flexibility index (Phi) is 7.07. The summed E-state index contributed by atoms with van der Waals surface area (Å²) in [6, 6.07) is 2.76. The second-order valence-corrected chi connectivity index (χ2v) is 6.57. The molecule has 7 nitrogen and oxygen atoms in total. The molecule has 0 atom stereocenters. The third-order valence-electron chi connectivity index (χ3n) is 2.81. The number of carbonyl (C=O) groups is 1. The van der Waals surface area contributed by atoms with E-state index in [9.17, 15) is 13.2 Å². The monoisotopic (exact) mass is 355 g/mol. The number of carbonyl (C=O) groups excluding carboxylic acids is 1. The van der Waals surface area contributed by atoms with Crippen molar-refractivity contribution in [2.45, 2.75) is 37.7 Å². The van der Waals surface area contributed by atoms with Crippen LogP contribution in [0.15, 0.2) is 17.0 Å². The molecule has 8 heteroatoms. The van der Waals surface area contributed by atoms with Crippen molar-refractivity contribution in [3.05, 3.63) is 12.1 Å². The number of terminal acetylenes is 1. The minimum absolute atomic E-state index is 0.00208. The minimum Gasteiger partial charge on any atom is -0.495 e. The molecule has 0 fully saturated rings. The van der Waals surface area contributed by atoms with E-state index in [0.29, 0.717) is 12.1 Å². The van der Waals surface area contributed by atoms with Gasteiger partial charge in [-0.3, -0.25) is 8.98 Å². The van der Waals surface area contributed by atoms with Gasteiger partial charge in [0, 0.05) is 30.7 Å². The Morgan fingerprint density at radius 3 is 2.21 bits per heavy atom. The Balaban J connectivity index is 3.29. The van der Waals surface area contributed by atoms with Crippen LogP contribution in [0.2, 0.25) is 0 Å². The highest BCUT2D eigenvalue weighted by molar-refractivity contribution is 7.87. The molecule has 0 saturated heterocycles. The van der Waals surface area contributed by atoms with Crippen molar-refractivity contribution in [3.8, 4) is 23.8 Å². The standard InChI is InChI=1S/C16H21NO6S/c1-6-7-8-15(18)17-12-9-13(21-4)16(14(10-12)22-5)24(19,20)23-11(2)3/h1,9-11H,7-8H2,2-5H3,(H,17,18). The normalized spacial score (nSPS) is 11.0. The fourth-order valence-electron chi connectivity index (χ4n) is 1.91. The molecule has 132 valence electrons. The van der Waals surface area contributed by atoms with E-state index in [1.165, 1.54) is 26.4 Å². The Bertz CT molecular complexity index is 708. The maximum absolute atomic E-state index is 12.4. The van der Waals surface area contributed by atoms with Gasteiger partial charge in [-0.15, -0.1) is 12.3 Å². The summed E-state index contributed by atoms with van der Waals surface area (Å²) in [6.45, 7) is 3.19. The third-order valence-corrected chi connectivity index (χ3v) is 4.35. The van der Waals surface area contributed by atoms with Gasteiger partial charge >= 0.3 is 10.1 Å². The number of benzene rings is 1. The lowest BCUT2D eigenvalue weighted by Gasteiger charge is -2.17. The zero-order valence-corrected chi connectivity index (χ0v) is 14.9. The number of methoxy groups -OCH3 is 2. The molecule has 0 aliphatic carbocycles. The van der Waals surface area contributed by atoms with Crippen molar-refractivity contribution in [1.82, 2.24) is 0 Å². The van der Waals surface area contributed by atoms with Gasteiger partial charge in [0.1, 0.15) is 11.5 Å². The van der Waals surface area contributed by atoms with E-state index in [0.717, 1.165) is 0 Å². The molecule has 0 heterocycles. The van der Waals surface area contributed by atoms with E-state index in [-0.39, 0.29) is 28.7 Å². The predicted molar refractivity (Wildman–Crippen MR) is 89.6 cm³/mol. The summed E-state index contributed by atoms with van der Waals surface area (Å²) in [7, 11) is -1.47. The van der Waals surface area contributed by atoms with Crippen molar-refractivity contribution in [2.75, 3.05) is 19.5 Å². The van der Waals surface area contributed by atoms with Crippen LogP contribution in [0.4, 0.5) is 5.69 Å². The quantitative estimate of drug-likeness (QED) is 0.568. The maximum atomic E-state index is 12.4. The van der Waals surface area contributed by atoms with Crippen LogP contribution in [0.5, 0.6) is 11.5 Å². The number of hydrogen-bond acceptors (Lipinski definition) is 6. The average molecular weight is 355 g/mol. The van der Waals surface area contributed by atoms with E-state index in [1.807, 2.05) is 0 Å². The second kappa shape index (κ2) is 8.57. The first-order valence-electron chi connectivity index (χ1n) is 7.17. The highest BCUT2D eigenvalue weighted by atomic mass is 32.2. The van der Waals surface area contributed by atoms with Gasteiger partial charge in [-0.2, -0.15) is 8.42 Å². The van der Waals surface area contributed by atoms with Crippen molar-refractivity contribution < 1.29 is 26.9 Å². The predicted octanol–water partition coefficient (Wildman–Crippen LogP) is 2.17. The molecular formula is C16H21NO6S. The van der Waals surface area contributed by atoms with E-state index in [4.69, 9.17) is 20.1 Å². The first-order chi connectivity index (χ1) is 11.2. The molecule has 0 aliphatic rings. The van der Waals surface area contributed by atoms with E-state index < -0.39 is 16.2 Å². The molecule has 1 aromatic rings. The van der Waals surface area contributed by atoms with Gasteiger partial charge in [0.15, 0.2) is 4.90 Å². The fourth-order valence-corrected chi connectivity index (χ4v) is 3.29. The molecule has 1 amide bonds. The van der Waals surface area contributed by atoms with Crippen molar-refractivity contribution >= 4 is 21.7 Å². The maximum Gasteiger partial charge on any atom is 0.304 e. The smallest absolute Gasteiger partial charge is 0.304 e. The molecule has 0 aliphatic heterocycles. The summed E-state index contributed by atoms with van der Waals surface area (Å²) < 4.78 is 40.0. The van der Waals surface area contributed by atoms with E-state index in [1.54, 1.807) is 13.8 Å². The second-order valence-electron chi connectivity index (χ2n) is 5.06. The molecule has 24 heavy (non-hydrogen) atoms. The lowest BCUT2D eigenvalue weighted by molar-refractivity contribution is -0.116. The van der Waals surface area contributed by atoms with Crippen LogP contribution in [0, 0.1) is 12.3 Å². The molecule has 0 radical (unpaired) electrons. The van der Waals surface area contributed by atoms with Gasteiger partial charge in [0.05, 0.1) is 20.3 Å². The van der Waals surface area contributed by atoms with Gasteiger partial charge in [-0.1, -0.05) is 0 Å². The minimum atomic E-state index is -4.09. The lowest BCUT2D eigenvalue weighted by Crippen LogP contribution is -2.16. The summed E-state index contributed by atoms with van der Waals surface area (Å²) in [4.78, 5) is 11.5. The van der Waals surface area contributed by atoms with Crippen molar-refractivity contribution in [2.24, 2.45) is 0 Å². The molecule has 0 unspecified atom stereocenters. The zero-order chi connectivity index (χ0) is 18.3. The van der Waals surface area contributed by atoms with Crippen LogP contribution < -0.4 is 14.8 Å². The molecule has 1 N–H and O–H groups in total. The van der Waals surface area contributed by atoms with Crippen LogP contribution in [-0.2, 0) is 19.1 Å². The van der Waals surface area contributed by atoms with Gasteiger partial charge < -0.3 is 14.8 Å². The summed E-state index contributed by atoms with van der Waals surface area (Å²) in [6.07, 6.45) is 5.02. The SMILES string of the molecule is C#CCCC(=O)Nc1cc(OC)c(S(=O)(=O)OC(C)C)c(OC)c1. The highest BCUT2D eigenvalue weighted by Crippen LogP contribution is 2.38. The van der Waals surface area contributed by atoms with Crippen LogP contribution in [0.3, 0.4) is 0 Å². The molecule has 0 bridgehead atoms. The molecule has 0 saturated carbocycles. The lowest BCUT2D eigenvalue weighted by atomic mass is 10.2. The van der Waals surface area contributed by atoms with Crippen molar-refractivity contribution in [1.29, 1.82) is 0 Å². The summed E-state index contributed by atoms with van der Waals surface area (Å²) in [5, 5.41) is 2.62. The van der Waals surface area contributed by atoms with Gasteiger partial charge in [-0.05, 0) is 13.8 Å². The van der Waals surface area contributed by atoms with Crippen LogP contribution in [0.25, 0.3) is 0 Å². The summed E-state index contributed by atoms with van der Waals surface area (Å²) in [5.41, 5.74) is 0.328. The third kappa shape index (κ3) is 5.15. The highest BCUT2D eigenvalue weighted by Gasteiger charge is 2.28. The van der Waals surface area contributed by atoms with Crippen LogP contribution in [0.1, 0.15) is 26.7 Å². The Morgan fingerprint density at radius 2 is 1.79 bits per heavy atom. The molecule has 1 rings (SSSR count). The number of amides is 1. The van der Waals surface area contributed by atoms with Gasteiger partial charge in [0.25, 0.3) is 0 Å². The molecule has 0 spiro atoms. The first-order valence-corrected chi connectivity index (χ1v) is 8.58. The van der Waals surface area contributed by atoms with Gasteiger partial charge in [-0.25, -0.2) is 0 Å². The Hall–Kier alpha value is -2.24. The number of anilines is 1. The van der Waals surface area contributed by atoms with Crippen LogP contribution >= 0.6 is 0 Å². The Morgan fingerprint density at radius 1 is 1.25 bits per heavy atom. The molecule has 0 aromatic heterocycles. The summed E-state index contributed by atoms with van der Waals surface area (Å²) >= 11 is 0. The summed E-state index contributed by atoms with van der Waals surface area (Å²) in [5.74, 6) is 2.07. The molecule has 1 aromatic carbocycles. The van der Waals surface area contributed by atoms with E-state index in [2.05, 4.69) is 11.2 Å². The average Bonchev–Trinajstić information content (AvgIpc) is 2.50. The van der Waals surface area contributed by atoms with Gasteiger partial charge in [0.2, 0.25) is 5.91 Å². The van der Waals surface area contributed by atoms with Crippen LogP contribution in [-0.4, -0.2) is 34.6 Å².